The van der Waals surface area contributed by atoms with Gasteiger partial charge in [-0.2, -0.15) is 0 Å². The van der Waals surface area contributed by atoms with Gasteiger partial charge in [-0.1, -0.05) is 24.1 Å². The summed E-state index contributed by atoms with van der Waals surface area (Å²) >= 11 is 0. The third kappa shape index (κ3) is 1.63. The van der Waals surface area contributed by atoms with Crippen LogP contribution in [0.5, 0.6) is 0 Å². The first-order valence-electron chi connectivity index (χ1n) is 4.84. The van der Waals surface area contributed by atoms with E-state index in [4.69, 9.17) is 6.42 Å². The largest absolute Gasteiger partial charge is 0.332 e. The number of hydrogen-bond acceptors (Lipinski definition) is 2. The maximum Gasteiger partial charge on any atom is 0.332 e. The molecule has 3 amide bonds. The molecule has 0 spiro atoms. The predicted octanol–water partition coefficient (Wildman–Crippen LogP) is 1.09. The van der Waals surface area contributed by atoms with Gasteiger partial charge in [-0.05, 0) is 12.1 Å². The molecule has 1 saturated heterocycles. The second kappa shape index (κ2) is 4.07. The molecule has 1 aromatic carbocycles. The number of benzene rings is 1. The number of nitrogens with zero attached hydrogens (tertiary/aromatic N) is 2. The lowest BCUT2D eigenvalue weighted by Crippen LogP contribution is -2.33. The van der Waals surface area contributed by atoms with Crippen LogP contribution < -0.4 is 4.90 Å². The van der Waals surface area contributed by atoms with Crippen LogP contribution >= 0.6 is 0 Å². The van der Waals surface area contributed by atoms with Gasteiger partial charge in [-0.3, -0.25) is 4.79 Å². The van der Waals surface area contributed by atoms with Gasteiger partial charge in [0.1, 0.15) is 6.54 Å². The molecule has 2 rings (SSSR count). The normalized spacial score (nSPS) is 15.4. The Hall–Kier alpha value is -2.28. The first-order valence-corrected chi connectivity index (χ1v) is 4.84. The minimum absolute atomic E-state index is 0.0535. The molecule has 0 unspecified atom stereocenters. The van der Waals surface area contributed by atoms with Crippen molar-refractivity contribution < 1.29 is 9.59 Å². The van der Waals surface area contributed by atoms with E-state index in [1.54, 1.807) is 24.3 Å². The highest BCUT2D eigenvalue weighted by Gasteiger charge is 2.36. The molecule has 0 atom stereocenters. The van der Waals surface area contributed by atoms with Crippen molar-refractivity contribution in [1.82, 2.24) is 4.90 Å². The fraction of sp³-hybridized carbons (Fsp3) is 0.167. The van der Waals surface area contributed by atoms with E-state index in [0.717, 1.165) is 4.90 Å². The SMILES string of the molecule is C#CCN1CC(=O)N(c2ccccc2)C1=O. The Labute approximate surface area is 93.5 Å². The molecule has 0 radical (unpaired) electrons. The molecule has 0 N–H and O–H groups in total. The fourth-order valence-electron chi connectivity index (χ4n) is 1.61. The molecule has 1 aliphatic rings. The van der Waals surface area contributed by atoms with E-state index in [9.17, 15) is 9.59 Å². The molecule has 1 heterocycles. The van der Waals surface area contributed by atoms with Crippen LogP contribution in [0.4, 0.5) is 10.5 Å². The summed E-state index contributed by atoms with van der Waals surface area (Å²) in [5.41, 5.74) is 0.581. The van der Waals surface area contributed by atoms with Gasteiger partial charge in [-0.15, -0.1) is 6.42 Å². The lowest BCUT2D eigenvalue weighted by atomic mass is 10.3. The van der Waals surface area contributed by atoms with E-state index >= 15 is 0 Å². The molecule has 1 fully saturated rings. The summed E-state index contributed by atoms with van der Waals surface area (Å²) in [7, 11) is 0. The zero-order valence-electron chi connectivity index (χ0n) is 8.59. The van der Waals surface area contributed by atoms with Gasteiger partial charge in [0.25, 0.3) is 5.91 Å². The number of amides is 3. The first kappa shape index (κ1) is 10.2. The Bertz CT molecular complexity index is 462. The van der Waals surface area contributed by atoms with Crippen molar-refractivity contribution in [2.24, 2.45) is 0 Å². The van der Waals surface area contributed by atoms with Crippen molar-refractivity contribution in [3.8, 4) is 12.3 Å². The molecule has 0 bridgehead atoms. The molecule has 0 saturated carbocycles. The first-order chi connectivity index (χ1) is 7.74. The van der Waals surface area contributed by atoms with Gasteiger partial charge in [0.05, 0.1) is 12.2 Å². The van der Waals surface area contributed by atoms with Crippen LogP contribution in [-0.2, 0) is 4.79 Å². The number of anilines is 1. The Morgan fingerprint density at radius 3 is 2.56 bits per heavy atom. The highest BCUT2D eigenvalue weighted by Crippen LogP contribution is 2.20. The maximum atomic E-state index is 11.8. The number of para-hydroxylation sites is 1. The molecular formula is C12H10N2O2. The maximum absolute atomic E-state index is 11.8. The van der Waals surface area contributed by atoms with Crippen LogP contribution in [-0.4, -0.2) is 29.9 Å². The monoisotopic (exact) mass is 214 g/mol. The molecule has 16 heavy (non-hydrogen) atoms. The van der Waals surface area contributed by atoms with Gasteiger partial charge < -0.3 is 4.90 Å². The molecule has 1 aromatic rings. The molecule has 1 aliphatic heterocycles. The van der Waals surface area contributed by atoms with Gasteiger partial charge in [0, 0.05) is 0 Å². The number of terminal acetylenes is 1. The van der Waals surface area contributed by atoms with Crippen LogP contribution in [0.1, 0.15) is 0 Å². The van der Waals surface area contributed by atoms with Crippen molar-refractivity contribution in [1.29, 1.82) is 0 Å². The Kier molecular flexibility index (Phi) is 2.61. The number of rotatable bonds is 2. The summed E-state index contributed by atoms with van der Waals surface area (Å²) in [4.78, 5) is 26.0. The molecule has 4 heteroatoms. The van der Waals surface area contributed by atoms with Crippen molar-refractivity contribution in [2.45, 2.75) is 0 Å². The Balaban J connectivity index is 2.27. The quantitative estimate of drug-likeness (QED) is 0.546. The number of imide groups is 1. The predicted molar refractivity (Wildman–Crippen MR) is 59.7 cm³/mol. The molecule has 80 valence electrons. The van der Waals surface area contributed by atoms with Gasteiger partial charge in [0.15, 0.2) is 0 Å². The zero-order valence-corrected chi connectivity index (χ0v) is 8.59. The minimum Gasteiger partial charge on any atom is -0.303 e. The topological polar surface area (TPSA) is 40.6 Å². The van der Waals surface area contributed by atoms with Crippen LogP contribution in [0, 0.1) is 12.3 Å². The number of carbonyl (C=O) groups is 2. The minimum atomic E-state index is -0.353. The molecule has 0 aromatic heterocycles. The molecule has 0 aliphatic carbocycles. The second-order valence-electron chi connectivity index (χ2n) is 3.41. The highest BCUT2D eigenvalue weighted by atomic mass is 16.2. The second-order valence-corrected chi connectivity index (χ2v) is 3.41. The highest BCUT2D eigenvalue weighted by molar-refractivity contribution is 6.19. The van der Waals surface area contributed by atoms with Crippen LogP contribution in [0.2, 0.25) is 0 Å². The fourth-order valence-corrected chi connectivity index (χ4v) is 1.61. The zero-order chi connectivity index (χ0) is 11.5. The summed E-state index contributed by atoms with van der Waals surface area (Å²) in [5, 5.41) is 0. The van der Waals surface area contributed by atoms with Crippen molar-refractivity contribution in [3.63, 3.8) is 0 Å². The van der Waals surface area contributed by atoms with Gasteiger partial charge in [0.2, 0.25) is 0 Å². The number of urea groups is 1. The van der Waals surface area contributed by atoms with E-state index in [1.807, 2.05) is 6.07 Å². The molecule has 4 nitrogen and oxygen atoms in total. The van der Waals surface area contributed by atoms with Gasteiger partial charge >= 0.3 is 6.03 Å². The van der Waals surface area contributed by atoms with E-state index < -0.39 is 0 Å². The van der Waals surface area contributed by atoms with Crippen LogP contribution in [0.25, 0.3) is 0 Å². The summed E-state index contributed by atoms with van der Waals surface area (Å²) < 4.78 is 0. The summed E-state index contributed by atoms with van der Waals surface area (Å²) in [6, 6.07) is 8.46. The lowest BCUT2D eigenvalue weighted by Gasteiger charge is -2.14. The molecular weight excluding hydrogens is 204 g/mol. The lowest BCUT2D eigenvalue weighted by molar-refractivity contribution is -0.116. The average molecular weight is 214 g/mol. The third-order valence-corrected chi connectivity index (χ3v) is 2.33. The van der Waals surface area contributed by atoms with E-state index in [-0.39, 0.29) is 25.0 Å². The Morgan fingerprint density at radius 1 is 1.25 bits per heavy atom. The van der Waals surface area contributed by atoms with E-state index in [1.165, 1.54) is 4.90 Å². The average Bonchev–Trinajstić information content (AvgIpc) is 2.56. The standard InChI is InChI=1S/C12H10N2O2/c1-2-8-13-9-11(15)14(12(13)16)10-6-4-3-5-7-10/h1,3-7H,8-9H2. The smallest absolute Gasteiger partial charge is 0.303 e. The Morgan fingerprint density at radius 2 is 1.94 bits per heavy atom. The van der Waals surface area contributed by atoms with Crippen molar-refractivity contribution in [3.05, 3.63) is 30.3 Å². The number of carbonyl (C=O) groups excluding carboxylic acids is 2. The van der Waals surface area contributed by atoms with Crippen molar-refractivity contribution in [2.75, 3.05) is 18.0 Å². The summed E-state index contributed by atoms with van der Waals surface area (Å²) in [5.74, 6) is 2.11. The summed E-state index contributed by atoms with van der Waals surface area (Å²) in [6.07, 6.45) is 5.13. The van der Waals surface area contributed by atoms with Crippen molar-refractivity contribution >= 4 is 17.6 Å². The van der Waals surface area contributed by atoms with Crippen LogP contribution in [0.15, 0.2) is 30.3 Å². The van der Waals surface area contributed by atoms with E-state index in [2.05, 4.69) is 5.92 Å². The third-order valence-electron chi connectivity index (χ3n) is 2.33. The van der Waals surface area contributed by atoms with Crippen LogP contribution in [0.3, 0.4) is 0 Å². The van der Waals surface area contributed by atoms with Gasteiger partial charge in [-0.25, -0.2) is 9.69 Å². The number of hydrogen-bond donors (Lipinski definition) is 0. The van der Waals surface area contributed by atoms with E-state index in [0.29, 0.717) is 5.69 Å². The summed E-state index contributed by atoms with van der Waals surface area (Å²) in [6.45, 7) is 0.214.